The Labute approximate surface area is 83.6 Å². The summed E-state index contributed by atoms with van der Waals surface area (Å²) in [6.07, 6.45) is 0.948. The van der Waals surface area contributed by atoms with Gasteiger partial charge in [0.1, 0.15) is 11.9 Å². The third-order valence-corrected chi connectivity index (χ3v) is 1.80. The van der Waals surface area contributed by atoms with Gasteiger partial charge in [0.2, 0.25) is 0 Å². The van der Waals surface area contributed by atoms with Gasteiger partial charge in [-0.05, 0) is 24.1 Å². The highest BCUT2D eigenvalue weighted by molar-refractivity contribution is 5.25. The van der Waals surface area contributed by atoms with E-state index in [-0.39, 0.29) is 5.82 Å². The molecular formula is C12H13FO. The summed E-state index contributed by atoms with van der Waals surface area (Å²) >= 11 is 0. The number of hydrogen-bond acceptors (Lipinski definition) is 1. The van der Waals surface area contributed by atoms with Crippen LogP contribution >= 0.6 is 0 Å². The minimum absolute atomic E-state index is 0.303. The Bertz CT molecular complexity index is 332. The third kappa shape index (κ3) is 3.20. The molecule has 0 aliphatic carbocycles. The average Bonchev–Trinajstić information content (AvgIpc) is 2.19. The van der Waals surface area contributed by atoms with Crippen LogP contribution in [-0.2, 0) is 0 Å². The monoisotopic (exact) mass is 192 g/mol. The predicted molar refractivity (Wildman–Crippen MR) is 54.0 cm³/mol. The summed E-state index contributed by atoms with van der Waals surface area (Å²) in [4.78, 5) is 0. The number of halogens is 1. The van der Waals surface area contributed by atoms with Crippen LogP contribution in [0.1, 0.15) is 31.4 Å². The van der Waals surface area contributed by atoms with Crippen molar-refractivity contribution >= 4 is 0 Å². The van der Waals surface area contributed by atoms with Gasteiger partial charge in [-0.1, -0.05) is 25.0 Å². The van der Waals surface area contributed by atoms with E-state index in [0.29, 0.717) is 5.56 Å². The first-order valence-electron chi connectivity index (χ1n) is 4.66. The molecule has 1 rings (SSSR count). The van der Waals surface area contributed by atoms with Gasteiger partial charge in [0.25, 0.3) is 0 Å². The minimum atomic E-state index is -0.804. The SMILES string of the molecule is CCCC#CC(O)c1ccc(F)cc1. The summed E-state index contributed by atoms with van der Waals surface area (Å²) in [6.45, 7) is 2.03. The molecule has 14 heavy (non-hydrogen) atoms. The number of benzene rings is 1. The fourth-order valence-corrected chi connectivity index (χ4v) is 1.02. The molecule has 1 N–H and O–H groups in total. The molecular weight excluding hydrogens is 179 g/mol. The summed E-state index contributed by atoms with van der Waals surface area (Å²) < 4.78 is 12.5. The Morgan fingerprint density at radius 2 is 2.00 bits per heavy atom. The third-order valence-electron chi connectivity index (χ3n) is 1.80. The van der Waals surface area contributed by atoms with Crippen LogP contribution in [0.2, 0.25) is 0 Å². The first kappa shape index (κ1) is 10.7. The second-order valence-corrected chi connectivity index (χ2v) is 3.03. The Balaban J connectivity index is 2.66. The second-order valence-electron chi connectivity index (χ2n) is 3.03. The van der Waals surface area contributed by atoms with Crippen LogP contribution in [0.25, 0.3) is 0 Å². The van der Waals surface area contributed by atoms with Crippen LogP contribution < -0.4 is 0 Å². The molecule has 0 fully saturated rings. The van der Waals surface area contributed by atoms with E-state index in [4.69, 9.17) is 0 Å². The molecule has 0 amide bonds. The van der Waals surface area contributed by atoms with Crippen molar-refractivity contribution in [1.82, 2.24) is 0 Å². The molecule has 1 aromatic carbocycles. The number of rotatable bonds is 2. The fourth-order valence-electron chi connectivity index (χ4n) is 1.02. The van der Waals surface area contributed by atoms with Crippen molar-refractivity contribution in [3.8, 4) is 11.8 Å². The van der Waals surface area contributed by atoms with Crippen molar-refractivity contribution in [2.24, 2.45) is 0 Å². The van der Waals surface area contributed by atoms with Gasteiger partial charge < -0.3 is 5.11 Å². The lowest BCUT2D eigenvalue weighted by Gasteiger charge is -2.02. The maximum absolute atomic E-state index is 12.5. The maximum Gasteiger partial charge on any atom is 0.140 e. The molecule has 2 heteroatoms. The lowest BCUT2D eigenvalue weighted by atomic mass is 10.1. The van der Waals surface area contributed by atoms with Crippen LogP contribution in [0, 0.1) is 17.7 Å². The van der Waals surface area contributed by atoms with Crippen LogP contribution in [0.15, 0.2) is 24.3 Å². The molecule has 74 valence electrons. The predicted octanol–water partition coefficient (Wildman–Crippen LogP) is 2.66. The van der Waals surface area contributed by atoms with E-state index < -0.39 is 6.10 Å². The molecule has 0 saturated carbocycles. The smallest absolute Gasteiger partial charge is 0.140 e. The van der Waals surface area contributed by atoms with E-state index >= 15 is 0 Å². The van der Waals surface area contributed by atoms with Crippen LogP contribution in [0.4, 0.5) is 4.39 Å². The van der Waals surface area contributed by atoms with Gasteiger partial charge in [0.15, 0.2) is 0 Å². The molecule has 0 saturated heterocycles. The standard InChI is InChI=1S/C12H13FO/c1-2-3-4-5-12(14)10-6-8-11(13)9-7-10/h6-9,12,14H,2-3H2,1H3. The molecule has 0 spiro atoms. The van der Waals surface area contributed by atoms with E-state index in [1.807, 2.05) is 6.92 Å². The van der Waals surface area contributed by atoms with Gasteiger partial charge in [-0.25, -0.2) is 4.39 Å². The van der Waals surface area contributed by atoms with Crippen LogP contribution in [0.5, 0.6) is 0 Å². The Morgan fingerprint density at radius 3 is 2.57 bits per heavy atom. The molecule has 1 atom stereocenters. The average molecular weight is 192 g/mol. The van der Waals surface area contributed by atoms with E-state index in [1.54, 1.807) is 12.1 Å². The fraction of sp³-hybridized carbons (Fsp3) is 0.333. The van der Waals surface area contributed by atoms with Crippen molar-refractivity contribution in [2.45, 2.75) is 25.9 Å². The van der Waals surface area contributed by atoms with E-state index in [0.717, 1.165) is 12.8 Å². The largest absolute Gasteiger partial charge is 0.376 e. The second kappa shape index (κ2) is 5.41. The Morgan fingerprint density at radius 1 is 1.36 bits per heavy atom. The molecule has 0 heterocycles. The molecule has 1 aromatic rings. The quantitative estimate of drug-likeness (QED) is 0.714. The van der Waals surface area contributed by atoms with Crippen molar-refractivity contribution < 1.29 is 9.50 Å². The molecule has 0 bridgehead atoms. The van der Waals surface area contributed by atoms with E-state index in [9.17, 15) is 9.50 Å². The zero-order valence-corrected chi connectivity index (χ0v) is 8.13. The van der Waals surface area contributed by atoms with E-state index in [2.05, 4.69) is 11.8 Å². The number of aliphatic hydroxyl groups is 1. The maximum atomic E-state index is 12.5. The first-order valence-corrected chi connectivity index (χ1v) is 4.66. The normalized spacial score (nSPS) is 11.6. The Kier molecular flexibility index (Phi) is 4.15. The topological polar surface area (TPSA) is 20.2 Å². The van der Waals surface area contributed by atoms with Gasteiger partial charge in [-0.3, -0.25) is 0 Å². The molecule has 0 aliphatic heterocycles. The van der Waals surface area contributed by atoms with Gasteiger partial charge in [0.05, 0.1) is 0 Å². The lowest BCUT2D eigenvalue weighted by molar-refractivity contribution is 0.238. The lowest BCUT2D eigenvalue weighted by Crippen LogP contribution is -1.93. The molecule has 0 aromatic heterocycles. The summed E-state index contributed by atoms with van der Waals surface area (Å²) in [5, 5.41) is 9.54. The van der Waals surface area contributed by atoms with Gasteiger partial charge in [-0.15, -0.1) is 5.92 Å². The van der Waals surface area contributed by atoms with Gasteiger partial charge in [-0.2, -0.15) is 0 Å². The van der Waals surface area contributed by atoms with Crippen molar-refractivity contribution in [1.29, 1.82) is 0 Å². The van der Waals surface area contributed by atoms with Crippen molar-refractivity contribution in [2.75, 3.05) is 0 Å². The van der Waals surface area contributed by atoms with Crippen LogP contribution in [-0.4, -0.2) is 5.11 Å². The van der Waals surface area contributed by atoms with E-state index in [1.165, 1.54) is 12.1 Å². The molecule has 0 radical (unpaired) electrons. The zero-order valence-electron chi connectivity index (χ0n) is 8.13. The van der Waals surface area contributed by atoms with Crippen LogP contribution in [0.3, 0.4) is 0 Å². The highest BCUT2D eigenvalue weighted by atomic mass is 19.1. The number of aliphatic hydroxyl groups excluding tert-OH is 1. The summed E-state index contributed by atoms with van der Waals surface area (Å²) in [7, 11) is 0. The molecule has 1 nitrogen and oxygen atoms in total. The van der Waals surface area contributed by atoms with Gasteiger partial charge >= 0.3 is 0 Å². The summed E-state index contributed by atoms with van der Waals surface area (Å²) in [6, 6.07) is 5.72. The highest BCUT2D eigenvalue weighted by Crippen LogP contribution is 2.12. The summed E-state index contributed by atoms with van der Waals surface area (Å²) in [5.41, 5.74) is 0.634. The minimum Gasteiger partial charge on any atom is -0.376 e. The zero-order chi connectivity index (χ0) is 10.4. The number of hydrogen-bond donors (Lipinski definition) is 1. The van der Waals surface area contributed by atoms with Crippen molar-refractivity contribution in [3.63, 3.8) is 0 Å². The van der Waals surface area contributed by atoms with Gasteiger partial charge in [0, 0.05) is 6.42 Å². The first-order chi connectivity index (χ1) is 6.74. The molecule has 1 unspecified atom stereocenters. The highest BCUT2D eigenvalue weighted by Gasteiger charge is 2.02. The Hall–Kier alpha value is -1.33. The number of unbranched alkanes of at least 4 members (excludes halogenated alkanes) is 1. The summed E-state index contributed by atoms with van der Waals surface area (Å²) in [5.74, 6) is 5.25. The molecule has 0 aliphatic rings. The van der Waals surface area contributed by atoms with Crippen molar-refractivity contribution in [3.05, 3.63) is 35.6 Å².